The average molecular weight is 228 g/mol. The first-order valence-corrected chi connectivity index (χ1v) is 4.86. The number of nitrogens with zero attached hydrogens (tertiary/aromatic N) is 1. The SMILES string of the molecule is CC(O)CCNc1ccc([N+](=O)[O-])cc1F. The van der Waals surface area contributed by atoms with Crippen LogP contribution in [0.4, 0.5) is 15.8 Å². The summed E-state index contributed by atoms with van der Waals surface area (Å²) >= 11 is 0. The predicted octanol–water partition coefficient (Wildman–Crippen LogP) is 1.92. The molecule has 0 fully saturated rings. The zero-order valence-electron chi connectivity index (χ0n) is 8.81. The number of aliphatic hydroxyl groups excluding tert-OH is 1. The fourth-order valence-corrected chi connectivity index (χ4v) is 1.18. The van der Waals surface area contributed by atoms with Gasteiger partial charge in [-0.25, -0.2) is 4.39 Å². The normalized spacial score (nSPS) is 12.2. The minimum atomic E-state index is -0.667. The maximum absolute atomic E-state index is 13.3. The number of halogens is 1. The molecule has 1 aromatic carbocycles. The van der Waals surface area contributed by atoms with Gasteiger partial charge in [0.15, 0.2) is 5.82 Å². The quantitative estimate of drug-likeness (QED) is 0.596. The van der Waals surface area contributed by atoms with Crippen LogP contribution in [-0.2, 0) is 0 Å². The molecule has 0 bridgehead atoms. The second-order valence-electron chi connectivity index (χ2n) is 3.49. The highest BCUT2D eigenvalue weighted by molar-refractivity contribution is 5.49. The van der Waals surface area contributed by atoms with Crippen molar-refractivity contribution >= 4 is 11.4 Å². The first-order valence-electron chi connectivity index (χ1n) is 4.86. The van der Waals surface area contributed by atoms with Crippen LogP contribution in [-0.4, -0.2) is 22.7 Å². The lowest BCUT2D eigenvalue weighted by Gasteiger charge is -2.08. The standard InChI is InChI=1S/C10H13FN2O3/c1-7(14)4-5-12-10-3-2-8(13(15)16)6-9(10)11/h2-3,6-7,12,14H,4-5H2,1H3. The number of nitro groups is 1. The highest BCUT2D eigenvalue weighted by Crippen LogP contribution is 2.20. The maximum atomic E-state index is 13.3. The van der Waals surface area contributed by atoms with Crippen molar-refractivity contribution in [3.63, 3.8) is 0 Å². The number of hydrogen-bond acceptors (Lipinski definition) is 4. The van der Waals surface area contributed by atoms with Gasteiger partial charge < -0.3 is 10.4 Å². The molecule has 1 rings (SSSR count). The second kappa shape index (κ2) is 5.41. The van der Waals surface area contributed by atoms with Crippen molar-refractivity contribution in [2.24, 2.45) is 0 Å². The van der Waals surface area contributed by atoms with Gasteiger partial charge in [0.1, 0.15) is 0 Å². The van der Waals surface area contributed by atoms with Gasteiger partial charge in [0.25, 0.3) is 5.69 Å². The van der Waals surface area contributed by atoms with Crippen LogP contribution in [0, 0.1) is 15.9 Å². The molecule has 16 heavy (non-hydrogen) atoms. The monoisotopic (exact) mass is 228 g/mol. The third kappa shape index (κ3) is 3.47. The number of nitrogens with one attached hydrogen (secondary N) is 1. The van der Waals surface area contributed by atoms with E-state index >= 15 is 0 Å². The van der Waals surface area contributed by atoms with Gasteiger partial charge in [0.05, 0.1) is 22.8 Å². The molecule has 0 aliphatic carbocycles. The van der Waals surface area contributed by atoms with Crippen LogP contribution in [0.2, 0.25) is 0 Å². The van der Waals surface area contributed by atoms with Crippen LogP contribution >= 0.6 is 0 Å². The average Bonchev–Trinajstić information content (AvgIpc) is 2.19. The molecule has 88 valence electrons. The third-order valence-electron chi connectivity index (χ3n) is 2.04. The highest BCUT2D eigenvalue weighted by atomic mass is 19.1. The lowest BCUT2D eigenvalue weighted by Crippen LogP contribution is -2.10. The zero-order valence-corrected chi connectivity index (χ0v) is 8.81. The highest BCUT2D eigenvalue weighted by Gasteiger charge is 2.10. The molecule has 1 atom stereocenters. The van der Waals surface area contributed by atoms with E-state index in [0.29, 0.717) is 13.0 Å². The van der Waals surface area contributed by atoms with Gasteiger partial charge in [0.2, 0.25) is 0 Å². The van der Waals surface area contributed by atoms with E-state index < -0.39 is 16.8 Å². The molecule has 0 saturated heterocycles. The largest absolute Gasteiger partial charge is 0.393 e. The minimum absolute atomic E-state index is 0.200. The number of non-ortho nitro benzene ring substituents is 1. The summed E-state index contributed by atoms with van der Waals surface area (Å²) in [5, 5.41) is 22.1. The summed E-state index contributed by atoms with van der Waals surface area (Å²) < 4.78 is 13.3. The topological polar surface area (TPSA) is 75.4 Å². The Kier molecular flexibility index (Phi) is 4.19. The Morgan fingerprint density at radius 1 is 1.62 bits per heavy atom. The Bertz CT molecular complexity index is 382. The summed E-state index contributed by atoms with van der Waals surface area (Å²) in [4.78, 5) is 9.70. The lowest BCUT2D eigenvalue weighted by atomic mass is 10.2. The van der Waals surface area contributed by atoms with Gasteiger partial charge in [-0.3, -0.25) is 10.1 Å². The number of benzene rings is 1. The number of nitro benzene ring substituents is 1. The Labute approximate surface area is 92.1 Å². The van der Waals surface area contributed by atoms with Crippen molar-refractivity contribution in [3.05, 3.63) is 34.1 Å². The number of rotatable bonds is 5. The summed E-state index contributed by atoms with van der Waals surface area (Å²) in [6.45, 7) is 2.04. The molecule has 6 heteroatoms. The van der Waals surface area contributed by atoms with E-state index in [1.165, 1.54) is 12.1 Å². The van der Waals surface area contributed by atoms with Crippen LogP contribution in [0.5, 0.6) is 0 Å². The summed E-state index contributed by atoms with van der Waals surface area (Å²) in [7, 11) is 0. The Morgan fingerprint density at radius 2 is 2.31 bits per heavy atom. The van der Waals surface area contributed by atoms with Crippen LogP contribution in [0.15, 0.2) is 18.2 Å². The molecule has 1 aromatic rings. The molecule has 0 aliphatic rings. The molecule has 0 amide bonds. The first kappa shape index (κ1) is 12.4. The van der Waals surface area contributed by atoms with Crippen molar-refractivity contribution in [2.45, 2.75) is 19.4 Å². The maximum Gasteiger partial charge on any atom is 0.272 e. The van der Waals surface area contributed by atoms with Crippen LogP contribution in [0.3, 0.4) is 0 Å². The molecule has 1 unspecified atom stereocenters. The summed E-state index contributed by atoms with van der Waals surface area (Å²) in [5.41, 5.74) is -0.0789. The second-order valence-corrected chi connectivity index (χ2v) is 3.49. The third-order valence-corrected chi connectivity index (χ3v) is 2.04. The van der Waals surface area contributed by atoms with Gasteiger partial charge in [-0.1, -0.05) is 0 Å². The molecular weight excluding hydrogens is 215 g/mol. The van der Waals surface area contributed by atoms with E-state index in [9.17, 15) is 14.5 Å². The zero-order chi connectivity index (χ0) is 12.1. The first-order chi connectivity index (χ1) is 7.50. The fraction of sp³-hybridized carbons (Fsp3) is 0.400. The van der Waals surface area contributed by atoms with Crippen LogP contribution < -0.4 is 5.32 Å². The van der Waals surface area contributed by atoms with E-state index in [4.69, 9.17) is 5.11 Å². The van der Waals surface area contributed by atoms with Gasteiger partial charge in [0, 0.05) is 12.6 Å². The lowest BCUT2D eigenvalue weighted by molar-refractivity contribution is -0.385. The molecule has 0 radical (unpaired) electrons. The molecule has 5 nitrogen and oxygen atoms in total. The van der Waals surface area contributed by atoms with Crippen molar-refractivity contribution in [1.82, 2.24) is 0 Å². The predicted molar refractivity (Wildman–Crippen MR) is 57.8 cm³/mol. The molecule has 0 aliphatic heterocycles. The fourth-order valence-electron chi connectivity index (χ4n) is 1.18. The summed E-state index contributed by atoms with van der Waals surface area (Å²) in [6, 6.07) is 3.41. The molecule has 0 spiro atoms. The van der Waals surface area contributed by atoms with Crippen molar-refractivity contribution in [3.8, 4) is 0 Å². The summed E-state index contributed by atoms with van der Waals surface area (Å²) in [5.74, 6) is -0.667. The number of aliphatic hydroxyl groups is 1. The van der Waals surface area contributed by atoms with E-state index in [2.05, 4.69) is 5.32 Å². The van der Waals surface area contributed by atoms with Crippen LogP contribution in [0.25, 0.3) is 0 Å². The van der Waals surface area contributed by atoms with Crippen LogP contribution in [0.1, 0.15) is 13.3 Å². The number of hydrogen-bond donors (Lipinski definition) is 2. The van der Waals surface area contributed by atoms with E-state index in [-0.39, 0.29) is 11.4 Å². The summed E-state index contributed by atoms with van der Waals surface area (Å²) in [6.07, 6.45) is 0.0183. The molecule has 2 N–H and O–H groups in total. The smallest absolute Gasteiger partial charge is 0.272 e. The molecule has 0 saturated carbocycles. The van der Waals surface area contributed by atoms with E-state index in [1.54, 1.807) is 6.92 Å². The number of anilines is 1. The van der Waals surface area contributed by atoms with Crippen molar-refractivity contribution in [1.29, 1.82) is 0 Å². The van der Waals surface area contributed by atoms with E-state index in [0.717, 1.165) is 6.07 Å². The van der Waals surface area contributed by atoms with Gasteiger partial charge in [-0.05, 0) is 19.4 Å². The molecular formula is C10H13FN2O3. The van der Waals surface area contributed by atoms with E-state index in [1.807, 2.05) is 0 Å². The Morgan fingerprint density at radius 3 is 2.81 bits per heavy atom. The Balaban J connectivity index is 2.64. The molecule has 0 aromatic heterocycles. The van der Waals surface area contributed by atoms with Crippen molar-refractivity contribution in [2.75, 3.05) is 11.9 Å². The van der Waals surface area contributed by atoms with Crippen molar-refractivity contribution < 1.29 is 14.4 Å². The van der Waals surface area contributed by atoms with Gasteiger partial charge >= 0.3 is 0 Å². The van der Waals surface area contributed by atoms with Gasteiger partial charge in [-0.15, -0.1) is 0 Å². The van der Waals surface area contributed by atoms with Gasteiger partial charge in [-0.2, -0.15) is 0 Å². The minimum Gasteiger partial charge on any atom is -0.393 e. The Hall–Kier alpha value is -1.69. The molecule has 0 heterocycles.